The molecule has 0 aliphatic carbocycles. The van der Waals surface area contributed by atoms with Crippen LogP contribution in [-0.2, 0) is 0 Å². The summed E-state index contributed by atoms with van der Waals surface area (Å²) >= 11 is 0. The van der Waals surface area contributed by atoms with E-state index in [9.17, 15) is 0 Å². The molecule has 3 heteroatoms. The lowest BCUT2D eigenvalue weighted by Gasteiger charge is -2.06. The molecule has 1 aromatic rings. The summed E-state index contributed by atoms with van der Waals surface area (Å²) in [6, 6.07) is 0. The Hall–Kier alpha value is -0.830. The normalized spacial score (nSPS) is 25.0. The molecule has 1 aromatic heterocycles. The lowest BCUT2D eigenvalue weighted by Crippen LogP contribution is -2.13. The Kier molecular flexibility index (Phi) is 1.89. The van der Waals surface area contributed by atoms with Gasteiger partial charge in [0.05, 0.1) is 5.69 Å². The van der Waals surface area contributed by atoms with Crippen molar-refractivity contribution < 1.29 is 4.42 Å². The van der Waals surface area contributed by atoms with Crippen molar-refractivity contribution >= 4 is 0 Å². The van der Waals surface area contributed by atoms with Gasteiger partial charge in [-0.3, -0.25) is 0 Å². The quantitative estimate of drug-likeness (QED) is 0.631. The van der Waals surface area contributed by atoms with E-state index >= 15 is 0 Å². The molecule has 66 valence electrons. The Morgan fingerprint density at radius 3 is 3.00 bits per heavy atom. The highest BCUT2D eigenvalue weighted by atomic mass is 16.3. The van der Waals surface area contributed by atoms with Gasteiger partial charge in [-0.2, -0.15) is 0 Å². The first-order chi connectivity index (χ1) is 5.75. The molecule has 12 heavy (non-hydrogen) atoms. The lowest BCUT2D eigenvalue weighted by molar-refractivity contribution is 0.410. The predicted octanol–water partition coefficient (Wildman–Crippen LogP) is 1.40. The van der Waals surface area contributed by atoms with Crippen LogP contribution < -0.4 is 0 Å². The average Bonchev–Trinajstić information content (AvgIpc) is 2.58. The molecule has 0 saturated carbocycles. The van der Waals surface area contributed by atoms with Gasteiger partial charge in [0.25, 0.3) is 0 Å². The topological polar surface area (TPSA) is 29.3 Å². The lowest BCUT2D eigenvalue weighted by atomic mass is 10.1. The summed E-state index contributed by atoms with van der Waals surface area (Å²) in [4.78, 5) is 6.66. The third-order valence-electron chi connectivity index (χ3n) is 2.45. The highest BCUT2D eigenvalue weighted by Gasteiger charge is 2.23. The minimum absolute atomic E-state index is 0.590. The number of aromatic nitrogens is 1. The Morgan fingerprint density at radius 2 is 2.50 bits per heavy atom. The van der Waals surface area contributed by atoms with E-state index in [0.717, 1.165) is 18.1 Å². The largest absolute Gasteiger partial charge is 0.449 e. The summed E-state index contributed by atoms with van der Waals surface area (Å²) in [6.07, 6.45) is 3.00. The summed E-state index contributed by atoms with van der Waals surface area (Å²) in [5.74, 6) is 1.37. The van der Waals surface area contributed by atoms with Crippen LogP contribution in [0.3, 0.4) is 0 Å². The molecule has 0 spiro atoms. The third-order valence-corrected chi connectivity index (χ3v) is 2.45. The maximum absolute atomic E-state index is 5.18. The molecule has 3 nitrogen and oxygen atoms in total. The molecule has 0 amide bonds. The van der Waals surface area contributed by atoms with E-state index in [4.69, 9.17) is 4.42 Å². The number of rotatable bonds is 1. The molecule has 2 rings (SSSR count). The summed E-state index contributed by atoms with van der Waals surface area (Å²) in [7, 11) is 2.15. The summed E-state index contributed by atoms with van der Waals surface area (Å²) in [5, 5.41) is 0. The van der Waals surface area contributed by atoms with Gasteiger partial charge in [-0.15, -0.1) is 0 Å². The standard InChI is InChI=1S/C9H14N2O/c1-7-10-9(6-12-7)8-3-4-11(2)5-8/h6,8H,3-5H2,1-2H3. The Balaban J connectivity index is 2.11. The van der Waals surface area contributed by atoms with E-state index in [1.807, 2.05) is 6.92 Å². The van der Waals surface area contributed by atoms with Crippen LogP contribution >= 0.6 is 0 Å². The molecule has 1 fully saturated rings. The van der Waals surface area contributed by atoms with E-state index in [2.05, 4.69) is 16.9 Å². The van der Waals surface area contributed by atoms with E-state index in [0.29, 0.717) is 5.92 Å². The van der Waals surface area contributed by atoms with Gasteiger partial charge in [0, 0.05) is 19.4 Å². The number of hydrogen-bond donors (Lipinski definition) is 0. The SMILES string of the molecule is Cc1nc(C2CCN(C)C2)co1. The van der Waals surface area contributed by atoms with Crippen molar-refractivity contribution in [3.8, 4) is 0 Å². The van der Waals surface area contributed by atoms with E-state index < -0.39 is 0 Å². The summed E-state index contributed by atoms with van der Waals surface area (Å²) in [6.45, 7) is 4.19. The van der Waals surface area contributed by atoms with Crippen molar-refractivity contribution in [2.24, 2.45) is 0 Å². The molecular weight excluding hydrogens is 152 g/mol. The molecule has 1 aliphatic heterocycles. The smallest absolute Gasteiger partial charge is 0.191 e. The first-order valence-electron chi connectivity index (χ1n) is 4.36. The molecule has 2 heterocycles. The highest BCUT2D eigenvalue weighted by Crippen LogP contribution is 2.25. The van der Waals surface area contributed by atoms with Gasteiger partial charge in [-0.25, -0.2) is 4.98 Å². The van der Waals surface area contributed by atoms with Crippen molar-refractivity contribution in [3.05, 3.63) is 17.8 Å². The second-order valence-corrected chi connectivity index (χ2v) is 3.54. The van der Waals surface area contributed by atoms with Crippen LogP contribution in [0.1, 0.15) is 23.9 Å². The molecule has 1 atom stereocenters. The maximum Gasteiger partial charge on any atom is 0.191 e. The number of likely N-dealkylation sites (tertiary alicyclic amines) is 1. The summed E-state index contributed by atoms with van der Waals surface area (Å²) in [5.41, 5.74) is 1.12. The fraction of sp³-hybridized carbons (Fsp3) is 0.667. The zero-order chi connectivity index (χ0) is 8.55. The second-order valence-electron chi connectivity index (χ2n) is 3.54. The average molecular weight is 166 g/mol. The molecule has 0 radical (unpaired) electrons. The van der Waals surface area contributed by atoms with Crippen LogP contribution in [0.4, 0.5) is 0 Å². The van der Waals surface area contributed by atoms with Crippen LogP contribution in [0, 0.1) is 6.92 Å². The Labute approximate surface area is 72.4 Å². The van der Waals surface area contributed by atoms with Crippen molar-refractivity contribution in [2.75, 3.05) is 20.1 Å². The Bertz CT molecular complexity index is 269. The van der Waals surface area contributed by atoms with Crippen LogP contribution in [0.5, 0.6) is 0 Å². The Morgan fingerprint density at radius 1 is 1.67 bits per heavy atom. The zero-order valence-electron chi connectivity index (χ0n) is 7.58. The highest BCUT2D eigenvalue weighted by molar-refractivity contribution is 5.06. The minimum atomic E-state index is 0.590. The van der Waals surface area contributed by atoms with Gasteiger partial charge in [0.15, 0.2) is 5.89 Å². The van der Waals surface area contributed by atoms with Crippen molar-refractivity contribution in [1.29, 1.82) is 0 Å². The van der Waals surface area contributed by atoms with Crippen LogP contribution in [0.2, 0.25) is 0 Å². The van der Waals surface area contributed by atoms with Gasteiger partial charge < -0.3 is 9.32 Å². The molecule has 0 N–H and O–H groups in total. The second kappa shape index (κ2) is 2.90. The molecule has 0 aromatic carbocycles. The molecule has 1 saturated heterocycles. The van der Waals surface area contributed by atoms with Crippen LogP contribution in [0.25, 0.3) is 0 Å². The molecule has 1 unspecified atom stereocenters. The van der Waals surface area contributed by atoms with Gasteiger partial charge in [0.2, 0.25) is 0 Å². The van der Waals surface area contributed by atoms with E-state index in [-0.39, 0.29) is 0 Å². The minimum Gasteiger partial charge on any atom is -0.449 e. The van der Waals surface area contributed by atoms with Crippen LogP contribution in [0.15, 0.2) is 10.7 Å². The fourth-order valence-electron chi connectivity index (χ4n) is 1.74. The third kappa shape index (κ3) is 1.37. The van der Waals surface area contributed by atoms with Crippen molar-refractivity contribution in [3.63, 3.8) is 0 Å². The van der Waals surface area contributed by atoms with Gasteiger partial charge in [0.1, 0.15) is 6.26 Å². The van der Waals surface area contributed by atoms with E-state index in [1.54, 1.807) is 6.26 Å². The molecular formula is C9H14N2O. The first-order valence-corrected chi connectivity index (χ1v) is 4.36. The van der Waals surface area contributed by atoms with E-state index in [1.165, 1.54) is 13.0 Å². The number of aryl methyl sites for hydroxylation is 1. The molecule has 0 bridgehead atoms. The zero-order valence-corrected chi connectivity index (χ0v) is 7.58. The van der Waals surface area contributed by atoms with Crippen LogP contribution in [-0.4, -0.2) is 30.0 Å². The van der Waals surface area contributed by atoms with Gasteiger partial charge in [-0.1, -0.05) is 0 Å². The van der Waals surface area contributed by atoms with Gasteiger partial charge >= 0.3 is 0 Å². The predicted molar refractivity (Wildman–Crippen MR) is 46.1 cm³/mol. The van der Waals surface area contributed by atoms with Crippen molar-refractivity contribution in [1.82, 2.24) is 9.88 Å². The maximum atomic E-state index is 5.18. The van der Waals surface area contributed by atoms with Crippen molar-refractivity contribution in [2.45, 2.75) is 19.3 Å². The number of oxazole rings is 1. The molecule has 1 aliphatic rings. The number of likely N-dealkylation sites (N-methyl/N-ethyl adjacent to an activating group) is 1. The monoisotopic (exact) mass is 166 g/mol. The fourth-order valence-corrected chi connectivity index (χ4v) is 1.74. The number of nitrogens with zero attached hydrogens (tertiary/aromatic N) is 2. The number of hydrogen-bond acceptors (Lipinski definition) is 3. The first kappa shape index (κ1) is 7.80. The van der Waals surface area contributed by atoms with Gasteiger partial charge in [-0.05, 0) is 20.0 Å². The summed E-state index contributed by atoms with van der Waals surface area (Å²) < 4.78 is 5.18.